The van der Waals surface area contributed by atoms with Gasteiger partial charge in [-0.15, -0.1) is 0 Å². The second-order valence-corrected chi connectivity index (χ2v) is 5.82. The van der Waals surface area contributed by atoms with Crippen LogP contribution >= 0.6 is 0 Å². The second kappa shape index (κ2) is 10.1. The van der Waals surface area contributed by atoms with E-state index < -0.39 is 41.4 Å². The topological polar surface area (TPSA) is 105 Å². The first-order chi connectivity index (χ1) is 11.9. The van der Waals surface area contributed by atoms with Crippen LogP contribution in [0.25, 0.3) is 0 Å². The molecule has 1 aliphatic rings. The van der Waals surface area contributed by atoms with Crippen molar-refractivity contribution in [3.8, 4) is 0 Å². The fourth-order valence-electron chi connectivity index (χ4n) is 3.07. The van der Waals surface area contributed by atoms with E-state index in [2.05, 4.69) is 0 Å². The van der Waals surface area contributed by atoms with Gasteiger partial charge >= 0.3 is 17.9 Å². The molecule has 0 radical (unpaired) electrons. The number of Topliss-reactive ketones (excluding diaryl/α,β-unsaturated/α-hetero) is 1. The largest absolute Gasteiger partial charge is 0.469 e. The SMILES string of the molecule is CCOC(=O)C(C(=O)OCC)C(=O)[C@H]1C[C@H](OC)C[C@@H](C(=O)OC)C1. The second-order valence-electron chi connectivity index (χ2n) is 5.82. The van der Waals surface area contributed by atoms with Gasteiger partial charge in [0.1, 0.15) is 0 Å². The summed E-state index contributed by atoms with van der Waals surface area (Å²) in [6.07, 6.45) is 0.603. The van der Waals surface area contributed by atoms with Gasteiger partial charge < -0.3 is 18.9 Å². The van der Waals surface area contributed by atoms with Crippen LogP contribution in [-0.4, -0.2) is 57.2 Å². The number of hydrogen-bond donors (Lipinski definition) is 0. The molecule has 0 unspecified atom stereocenters. The number of ketones is 1. The van der Waals surface area contributed by atoms with E-state index >= 15 is 0 Å². The van der Waals surface area contributed by atoms with Gasteiger partial charge in [-0.05, 0) is 33.1 Å². The minimum atomic E-state index is -1.64. The standard InChI is InChI=1S/C17H26O8/c1-5-24-16(20)13(17(21)25-6-2)14(18)10-7-11(15(19)23-4)9-12(8-10)22-3/h10-13H,5-9H2,1-4H3/t10-,11+,12+/m1/s1. The number of carbonyl (C=O) groups is 4. The monoisotopic (exact) mass is 358 g/mol. The van der Waals surface area contributed by atoms with E-state index in [0.717, 1.165) is 0 Å². The normalized spacial score (nSPS) is 23.0. The van der Waals surface area contributed by atoms with Crippen molar-refractivity contribution in [1.82, 2.24) is 0 Å². The van der Waals surface area contributed by atoms with Crippen LogP contribution in [0.2, 0.25) is 0 Å². The lowest BCUT2D eigenvalue weighted by atomic mass is 9.75. The van der Waals surface area contributed by atoms with Crippen molar-refractivity contribution < 1.29 is 38.1 Å². The summed E-state index contributed by atoms with van der Waals surface area (Å²) in [5.41, 5.74) is 0. The summed E-state index contributed by atoms with van der Waals surface area (Å²) in [4.78, 5) is 48.9. The molecule has 142 valence electrons. The highest BCUT2D eigenvalue weighted by molar-refractivity contribution is 6.15. The molecule has 1 aliphatic carbocycles. The van der Waals surface area contributed by atoms with Crippen LogP contribution in [0.1, 0.15) is 33.1 Å². The van der Waals surface area contributed by atoms with E-state index in [1.807, 2.05) is 0 Å². The van der Waals surface area contributed by atoms with Gasteiger partial charge in [-0.2, -0.15) is 0 Å². The van der Waals surface area contributed by atoms with Crippen molar-refractivity contribution in [3.05, 3.63) is 0 Å². The number of methoxy groups -OCH3 is 2. The zero-order valence-electron chi connectivity index (χ0n) is 15.1. The lowest BCUT2D eigenvalue weighted by Crippen LogP contribution is -2.43. The molecule has 0 N–H and O–H groups in total. The van der Waals surface area contributed by atoms with Crippen molar-refractivity contribution in [1.29, 1.82) is 0 Å². The number of rotatable bonds is 8. The minimum absolute atomic E-state index is 0.0398. The predicted octanol–water partition coefficient (Wildman–Crippen LogP) is 0.902. The maximum Gasteiger partial charge on any atom is 0.328 e. The van der Waals surface area contributed by atoms with Gasteiger partial charge in [0.25, 0.3) is 0 Å². The highest BCUT2D eigenvalue weighted by atomic mass is 16.6. The molecule has 0 bridgehead atoms. The zero-order valence-corrected chi connectivity index (χ0v) is 15.1. The molecule has 0 aromatic rings. The van der Waals surface area contributed by atoms with Gasteiger partial charge in [-0.25, -0.2) is 0 Å². The van der Waals surface area contributed by atoms with Crippen LogP contribution in [0.3, 0.4) is 0 Å². The average Bonchev–Trinajstić information content (AvgIpc) is 2.61. The van der Waals surface area contributed by atoms with Gasteiger partial charge in [0.05, 0.1) is 32.3 Å². The summed E-state index contributed by atoms with van der Waals surface area (Å²) < 4.78 is 19.8. The van der Waals surface area contributed by atoms with Crippen LogP contribution < -0.4 is 0 Å². The Morgan fingerprint density at radius 2 is 1.40 bits per heavy atom. The highest BCUT2D eigenvalue weighted by Gasteiger charge is 2.44. The first-order valence-corrected chi connectivity index (χ1v) is 8.37. The van der Waals surface area contributed by atoms with E-state index in [-0.39, 0.29) is 25.7 Å². The molecule has 8 heteroatoms. The number of carbonyl (C=O) groups excluding carboxylic acids is 4. The van der Waals surface area contributed by atoms with Crippen molar-refractivity contribution in [2.75, 3.05) is 27.4 Å². The molecule has 8 nitrogen and oxygen atoms in total. The summed E-state index contributed by atoms with van der Waals surface area (Å²) >= 11 is 0. The maximum atomic E-state index is 12.8. The average molecular weight is 358 g/mol. The minimum Gasteiger partial charge on any atom is -0.469 e. The summed E-state index contributed by atoms with van der Waals surface area (Å²) in [6, 6.07) is 0. The Bertz CT molecular complexity index is 483. The lowest BCUT2D eigenvalue weighted by molar-refractivity contribution is -0.165. The lowest BCUT2D eigenvalue weighted by Gasteiger charge is -2.33. The Morgan fingerprint density at radius 1 is 0.880 bits per heavy atom. The van der Waals surface area contributed by atoms with E-state index in [4.69, 9.17) is 18.9 Å². The summed E-state index contributed by atoms with van der Waals surface area (Å²) in [5, 5.41) is 0. The zero-order chi connectivity index (χ0) is 19.0. The molecule has 3 atom stereocenters. The molecule has 25 heavy (non-hydrogen) atoms. The highest BCUT2D eigenvalue weighted by Crippen LogP contribution is 2.34. The summed E-state index contributed by atoms with van der Waals surface area (Å²) in [6.45, 7) is 3.25. The molecule has 1 rings (SSSR count). The Balaban J connectivity index is 3.01. The molecular weight excluding hydrogens is 332 g/mol. The molecule has 1 fully saturated rings. The fourth-order valence-corrected chi connectivity index (χ4v) is 3.07. The Labute approximate surface area is 147 Å². The van der Waals surface area contributed by atoms with E-state index in [0.29, 0.717) is 12.8 Å². The van der Waals surface area contributed by atoms with Gasteiger partial charge in [0.2, 0.25) is 5.92 Å². The van der Waals surface area contributed by atoms with E-state index in [1.54, 1.807) is 13.8 Å². The van der Waals surface area contributed by atoms with Crippen molar-refractivity contribution >= 4 is 23.7 Å². The first-order valence-electron chi connectivity index (χ1n) is 8.37. The van der Waals surface area contributed by atoms with Crippen molar-refractivity contribution in [2.45, 2.75) is 39.2 Å². The summed E-state index contributed by atoms with van der Waals surface area (Å²) in [5.74, 6) is -5.76. The Kier molecular flexibility index (Phi) is 8.54. The van der Waals surface area contributed by atoms with Gasteiger partial charge in [0, 0.05) is 13.0 Å². The van der Waals surface area contributed by atoms with Crippen molar-refractivity contribution in [3.63, 3.8) is 0 Å². The fraction of sp³-hybridized carbons (Fsp3) is 0.765. The number of esters is 3. The molecule has 1 saturated carbocycles. The van der Waals surface area contributed by atoms with Gasteiger partial charge in [-0.1, -0.05) is 0 Å². The quantitative estimate of drug-likeness (QED) is 0.358. The molecule has 0 aromatic heterocycles. The van der Waals surface area contributed by atoms with Gasteiger partial charge in [0.15, 0.2) is 5.78 Å². The summed E-state index contributed by atoms with van der Waals surface area (Å²) in [7, 11) is 2.76. The van der Waals surface area contributed by atoms with Gasteiger partial charge in [-0.3, -0.25) is 19.2 Å². The first kappa shape index (κ1) is 21.1. The molecule has 0 amide bonds. The molecule has 0 saturated heterocycles. The van der Waals surface area contributed by atoms with Crippen molar-refractivity contribution in [2.24, 2.45) is 17.8 Å². The van der Waals surface area contributed by atoms with E-state index in [1.165, 1.54) is 14.2 Å². The smallest absolute Gasteiger partial charge is 0.328 e. The predicted molar refractivity (Wildman–Crippen MR) is 85.4 cm³/mol. The van der Waals surface area contributed by atoms with Crippen LogP contribution in [0.15, 0.2) is 0 Å². The van der Waals surface area contributed by atoms with E-state index in [9.17, 15) is 19.2 Å². The number of ether oxygens (including phenoxy) is 4. The Morgan fingerprint density at radius 3 is 1.84 bits per heavy atom. The van der Waals surface area contributed by atoms with Crippen LogP contribution in [0, 0.1) is 17.8 Å². The third-order valence-corrected chi connectivity index (χ3v) is 4.26. The van der Waals surface area contributed by atoms with Crippen LogP contribution in [0.4, 0.5) is 0 Å². The third kappa shape index (κ3) is 5.52. The molecule has 0 aliphatic heterocycles. The Hall–Kier alpha value is -1.96. The molecule has 0 heterocycles. The molecule has 0 spiro atoms. The van der Waals surface area contributed by atoms with Crippen LogP contribution in [-0.2, 0) is 38.1 Å². The number of hydrogen-bond acceptors (Lipinski definition) is 8. The molecule has 0 aromatic carbocycles. The maximum absolute atomic E-state index is 12.8. The third-order valence-electron chi connectivity index (χ3n) is 4.26. The molecular formula is C17H26O8. The van der Waals surface area contributed by atoms with Crippen LogP contribution in [0.5, 0.6) is 0 Å².